The molecule has 0 aromatic carbocycles. The van der Waals surface area contributed by atoms with E-state index < -0.39 is 0 Å². The van der Waals surface area contributed by atoms with Gasteiger partial charge in [0.2, 0.25) is 0 Å². The van der Waals surface area contributed by atoms with Crippen molar-refractivity contribution >= 4 is 25.6 Å². The lowest BCUT2D eigenvalue weighted by molar-refractivity contribution is -0.762. The zero-order valence-corrected chi connectivity index (χ0v) is 12.6. The number of thiol groups is 2. The first-order chi connectivity index (χ1) is 7.89. The summed E-state index contributed by atoms with van der Waals surface area (Å²) in [5, 5.41) is 0. The second-order valence-corrected chi connectivity index (χ2v) is 7.44. The summed E-state index contributed by atoms with van der Waals surface area (Å²) in [6, 6.07) is 0. The van der Waals surface area contributed by atoms with E-state index in [9.17, 15) is 0 Å². The highest BCUT2D eigenvalue weighted by atomic mass is 32.1. The fourth-order valence-electron chi connectivity index (χ4n) is 3.93. The molecule has 100 valence electrons. The van der Waals surface area contributed by atoms with Gasteiger partial charge in [-0.25, -0.2) is 0 Å². The van der Waals surface area contributed by atoms with Crippen LogP contribution >= 0.6 is 25.6 Å². The van der Waals surface area contributed by atoms with E-state index in [0.717, 1.165) is 43.3 Å². The van der Waals surface area contributed by atoms with Gasteiger partial charge in [-0.15, -0.1) is 0 Å². The predicted octanol–water partition coefficient (Wildman–Crippen LogP) is 0.717. The van der Waals surface area contributed by atoms with Gasteiger partial charge in [0, 0.05) is 27.3 Å². The highest BCUT2D eigenvalue weighted by Crippen LogP contribution is 2.55. The monoisotopic (exact) mass is 279 g/mol. The molecule has 0 N–H and O–H groups in total. The number of ether oxygens (including phenoxy) is 2. The number of nitrogens with zero attached hydrogens (tertiary/aromatic N) is 2. The van der Waals surface area contributed by atoms with Crippen LogP contribution in [0.15, 0.2) is 0 Å². The highest BCUT2D eigenvalue weighted by molar-refractivity contribution is 7.77. The van der Waals surface area contributed by atoms with Crippen LogP contribution in [0.4, 0.5) is 0 Å². The fraction of sp³-hybridized carbons (Fsp3) is 1.00. The van der Waals surface area contributed by atoms with E-state index in [1.165, 1.54) is 0 Å². The molecule has 0 bridgehead atoms. The molecule has 2 heterocycles. The molecule has 0 spiro atoms. The molecule has 2 aliphatic rings. The third kappa shape index (κ3) is 2.24. The van der Waals surface area contributed by atoms with Crippen molar-refractivity contribution < 1.29 is 13.4 Å². The molecule has 0 aromatic rings. The molecular weight excluding hydrogens is 256 g/mol. The first kappa shape index (κ1) is 14.0. The van der Waals surface area contributed by atoms with Crippen molar-refractivity contribution in [2.45, 2.75) is 0 Å². The molecule has 2 fully saturated rings. The van der Waals surface area contributed by atoms with Crippen LogP contribution in [-0.4, -0.2) is 68.9 Å². The number of fused-ring (bicyclic) bond motifs is 1. The Morgan fingerprint density at radius 2 is 1.53 bits per heavy atom. The average molecular weight is 279 g/mol. The van der Waals surface area contributed by atoms with Crippen molar-refractivity contribution in [3.63, 3.8) is 0 Å². The number of likely N-dealkylation sites (tertiary alicyclic amines) is 1. The Labute approximate surface area is 115 Å². The topological polar surface area (TPSA) is 21.7 Å². The number of rotatable bonds is 4. The standard InChI is InChI=1S/C11H23N2O2S2/c1-13(17)6-10(8-14-2)4-12(16)5-11(10,7-13)9-15-3/h16-17H,4-9H2,1-3H3/q+1. The van der Waals surface area contributed by atoms with Crippen molar-refractivity contribution in [2.24, 2.45) is 10.8 Å². The minimum Gasteiger partial charge on any atom is -0.384 e. The molecule has 2 saturated heterocycles. The lowest BCUT2D eigenvalue weighted by atomic mass is 9.69. The van der Waals surface area contributed by atoms with E-state index in [-0.39, 0.29) is 10.8 Å². The van der Waals surface area contributed by atoms with Crippen LogP contribution in [0.3, 0.4) is 0 Å². The van der Waals surface area contributed by atoms with Crippen molar-refractivity contribution in [3.8, 4) is 0 Å². The number of hydrogen-bond donors (Lipinski definition) is 2. The Balaban J connectivity index is 2.34. The normalized spacial score (nSPS) is 46.4. The lowest BCUT2D eigenvalue weighted by Crippen LogP contribution is -2.46. The Hall–Kier alpha value is 0.540. The van der Waals surface area contributed by atoms with E-state index in [1.807, 2.05) is 0 Å². The number of hydrogen-bond acceptors (Lipinski definition) is 5. The summed E-state index contributed by atoms with van der Waals surface area (Å²) in [5.41, 5.74) is 0.214. The van der Waals surface area contributed by atoms with Gasteiger partial charge in [-0.3, -0.25) is 8.19 Å². The minimum atomic E-state index is 0.107. The molecule has 6 heteroatoms. The quantitative estimate of drug-likeness (QED) is 0.585. The van der Waals surface area contributed by atoms with Crippen molar-refractivity contribution in [1.29, 1.82) is 0 Å². The maximum Gasteiger partial charge on any atom is 0.0990 e. The summed E-state index contributed by atoms with van der Waals surface area (Å²) in [6.45, 7) is 5.40. The van der Waals surface area contributed by atoms with Crippen molar-refractivity contribution in [2.75, 3.05) is 60.7 Å². The molecule has 2 unspecified atom stereocenters. The van der Waals surface area contributed by atoms with Crippen LogP contribution < -0.4 is 0 Å². The van der Waals surface area contributed by atoms with Crippen molar-refractivity contribution in [1.82, 2.24) is 4.31 Å². The fourth-order valence-corrected chi connectivity index (χ4v) is 5.01. The summed E-state index contributed by atoms with van der Waals surface area (Å²) < 4.78 is 13.8. The zero-order chi connectivity index (χ0) is 12.7. The Bertz CT molecular complexity index is 277. The molecule has 2 atom stereocenters. The van der Waals surface area contributed by atoms with E-state index in [2.05, 4.69) is 24.2 Å². The van der Waals surface area contributed by atoms with Crippen LogP contribution in [0.1, 0.15) is 0 Å². The van der Waals surface area contributed by atoms with E-state index in [1.54, 1.807) is 14.2 Å². The van der Waals surface area contributed by atoms with Crippen molar-refractivity contribution in [3.05, 3.63) is 0 Å². The van der Waals surface area contributed by atoms with Gasteiger partial charge in [-0.1, -0.05) is 12.8 Å². The first-order valence-electron chi connectivity index (χ1n) is 5.88. The Morgan fingerprint density at radius 3 is 1.88 bits per heavy atom. The summed E-state index contributed by atoms with van der Waals surface area (Å²) >= 11 is 9.30. The third-order valence-corrected chi connectivity index (χ3v) is 4.79. The smallest absolute Gasteiger partial charge is 0.0990 e. The lowest BCUT2D eigenvalue weighted by Gasteiger charge is -2.34. The minimum absolute atomic E-state index is 0.107. The third-order valence-electron chi connectivity index (χ3n) is 4.22. The maximum absolute atomic E-state index is 5.48. The summed E-state index contributed by atoms with van der Waals surface area (Å²) in [7, 11) is 5.71. The van der Waals surface area contributed by atoms with E-state index in [0.29, 0.717) is 0 Å². The molecule has 0 amide bonds. The Kier molecular flexibility index (Phi) is 3.76. The van der Waals surface area contributed by atoms with Crippen LogP contribution in [0.25, 0.3) is 0 Å². The molecule has 4 nitrogen and oxygen atoms in total. The van der Waals surface area contributed by atoms with Gasteiger partial charge in [0.05, 0.1) is 57.0 Å². The summed E-state index contributed by atoms with van der Waals surface area (Å²) in [6.07, 6.45) is 0. The van der Waals surface area contributed by atoms with E-state index in [4.69, 9.17) is 22.3 Å². The number of methoxy groups -OCH3 is 2. The van der Waals surface area contributed by atoms with Gasteiger partial charge in [0.25, 0.3) is 0 Å². The first-order valence-corrected chi connectivity index (χ1v) is 6.68. The molecule has 2 rings (SSSR count). The average Bonchev–Trinajstić information content (AvgIpc) is 2.47. The van der Waals surface area contributed by atoms with Gasteiger partial charge >= 0.3 is 0 Å². The second-order valence-electron chi connectivity index (χ2n) is 5.90. The molecule has 0 aliphatic carbocycles. The van der Waals surface area contributed by atoms with Crippen LogP contribution in [-0.2, 0) is 9.47 Å². The van der Waals surface area contributed by atoms with Crippen LogP contribution in [0.2, 0.25) is 0 Å². The zero-order valence-electron chi connectivity index (χ0n) is 10.8. The predicted molar refractivity (Wildman–Crippen MR) is 74.1 cm³/mol. The van der Waals surface area contributed by atoms with E-state index >= 15 is 0 Å². The van der Waals surface area contributed by atoms with Gasteiger partial charge in [0.15, 0.2) is 0 Å². The van der Waals surface area contributed by atoms with Crippen LogP contribution in [0, 0.1) is 10.8 Å². The molecule has 0 radical (unpaired) electrons. The van der Waals surface area contributed by atoms with Gasteiger partial charge in [0.1, 0.15) is 0 Å². The number of quaternary nitrogens is 1. The highest BCUT2D eigenvalue weighted by Gasteiger charge is 2.67. The molecule has 2 aliphatic heterocycles. The van der Waals surface area contributed by atoms with Gasteiger partial charge < -0.3 is 9.47 Å². The molecule has 0 saturated carbocycles. The summed E-state index contributed by atoms with van der Waals surface area (Å²) in [5.74, 6) is 0. The maximum atomic E-state index is 5.48. The largest absolute Gasteiger partial charge is 0.384 e. The van der Waals surface area contributed by atoms with Gasteiger partial charge in [-0.05, 0) is 0 Å². The SMILES string of the molecule is COCC12CN(S)CC1(COC)C[N+](C)(S)C2. The summed E-state index contributed by atoms with van der Waals surface area (Å²) in [4.78, 5) is 0. The molecular formula is C11H23N2O2S2+. The Morgan fingerprint density at radius 1 is 1.12 bits per heavy atom. The molecule has 0 aromatic heterocycles. The second kappa shape index (κ2) is 4.58. The van der Waals surface area contributed by atoms with Crippen LogP contribution in [0.5, 0.6) is 0 Å². The van der Waals surface area contributed by atoms with Gasteiger partial charge in [-0.2, -0.15) is 0 Å². The molecule has 17 heavy (non-hydrogen) atoms.